The molecule has 1 amide bonds. The second-order valence-electron chi connectivity index (χ2n) is 7.79. The number of nitrogens with zero attached hydrogens (tertiary/aromatic N) is 1. The molecular formula is C19H28N2O2. The van der Waals surface area contributed by atoms with E-state index in [-0.39, 0.29) is 23.0 Å². The number of ether oxygens (including phenoxy) is 1. The van der Waals surface area contributed by atoms with Crippen LogP contribution in [0.2, 0.25) is 0 Å². The van der Waals surface area contributed by atoms with Crippen molar-refractivity contribution in [3.8, 4) is 0 Å². The minimum atomic E-state index is -0.298. The molecule has 1 unspecified atom stereocenters. The highest BCUT2D eigenvalue weighted by molar-refractivity contribution is 5.91. The third-order valence-corrected chi connectivity index (χ3v) is 5.15. The van der Waals surface area contributed by atoms with E-state index < -0.39 is 0 Å². The largest absolute Gasteiger partial charge is 0.378 e. The van der Waals surface area contributed by atoms with Crippen LogP contribution in [0.3, 0.4) is 0 Å². The number of carbonyl (C=O) groups is 1. The van der Waals surface area contributed by atoms with E-state index >= 15 is 0 Å². The molecular weight excluding hydrogens is 288 g/mol. The smallest absolute Gasteiger partial charge is 0.230 e. The van der Waals surface area contributed by atoms with Crippen LogP contribution in [0.4, 0.5) is 5.69 Å². The van der Waals surface area contributed by atoms with Crippen molar-refractivity contribution in [3.63, 3.8) is 0 Å². The topological polar surface area (TPSA) is 41.6 Å². The average molecular weight is 316 g/mol. The SMILES string of the molecule is CN(C)c1ccc(C2(C(=O)NC3CCOC(C)(C)C3)CC2)cc1. The molecule has 126 valence electrons. The zero-order chi connectivity index (χ0) is 16.7. The van der Waals surface area contributed by atoms with Crippen LogP contribution in [0.5, 0.6) is 0 Å². The molecule has 3 rings (SSSR count). The van der Waals surface area contributed by atoms with Gasteiger partial charge in [-0.25, -0.2) is 0 Å². The first-order valence-corrected chi connectivity index (χ1v) is 8.55. The van der Waals surface area contributed by atoms with Gasteiger partial charge in [0, 0.05) is 32.4 Å². The maximum atomic E-state index is 12.9. The molecule has 1 N–H and O–H groups in total. The zero-order valence-electron chi connectivity index (χ0n) is 14.7. The van der Waals surface area contributed by atoms with E-state index in [0.717, 1.165) is 43.5 Å². The lowest BCUT2D eigenvalue weighted by molar-refractivity contribution is -0.126. The summed E-state index contributed by atoms with van der Waals surface area (Å²) in [5.74, 6) is 0.192. The maximum Gasteiger partial charge on any atom is 0.230 e. The van der Waals surface area contributed by atoms with Gasteiger partial charge in [-0.15, -0.1) is 0 Å². The number of amides is 1. The van der Waals surface area contributed by atoms with E-state index in [1.54, 1.807) is 0 Å². The van der Waals surface area contributed by atoms with Gasteiger partial charge in [-0.3, -0.25) is 4.79 Å². The summed E-state index contributed by atoms with van der Waals surface area (Å²) in [6.07, 6.45) is 3.69. The Labute approximate surface area is 139 Å². The van der Waals surface area contributed by atoms with Crippen molar-refractivity contribution in [1.29, 1.82) is 0 Å². The Bertz CT molecular complexity index is 574. The standard InChI is InChI=1S/C19H28N2O2/c1-18(2)13-15(9-12-23-18)20-17(22)19(10-11-19)14-5-7-16(8-6-14)21(3)4/h5-8,15H,9-13H2,1-4H3,(H,20,22). The molecule has 4 nitrogen and oxygen atoms in total. The summed E-state index contributed by atoms with van der Waals surface area (Å²) in [7, 11) is 4.06. The molecule has 0 spiro atoms. The van der Waals surface area contributed by atoms with Crippen LogP contribution in [0.1, 0.15) is 45.1 Å². The van der Waals surface area contributed by atoms with E-state index in [0.29, 0.717) is 0 Å². The highest BCUT2D eigenvalue weighted by Crippen LogP contribution is 2.49. The summed E-state index contributed by atoms with van der Waals surface area (Å²) in [6, 6.07) is 8.64. The van der Waals surface area contributed by atoms with E-state index in [1.807, 2.05) is 14.1 Å². The van der Waals surface area contributed by atoms with Gasteiger partial charge < -0.3 is 15.0 Å². The monoisotopic (exact) mass is 316 g/mol. The number of rotatable bonds is 4. The number of benzene rings is 1. The lowest BCUT2D eigenvalue weighted by atomic mass is 9.91. The minimum Gasteiger partial charge on any atom is -0.378 e. The second-order valence-corrected chi connectivity index (χ2v) is 7.79. The summed E-state index contributed by atoms with van der Waals surface area (Å²) in [5.41, 5.74) is 1.87. The fraction of sp³-hybridized carbons (Fsp3) is 0.632. The van der Waals surface area contributed by atoms with Gasteiger partial charge in [0.1, 0.15) is 0 Å². The van der Waals surface area contributed by atoms with Gasteiger partial charge in [0.25, 0.3) is 0 Å². The van der Waals surface area contributed by atoms with Gasteiger partial charge in [0.15, 0.2) is 0 Å². The van der Waals surface area contributed by atoms with Gasteiger partial charge in [-0.05, 0) is 57.2 Å². The average Bonchev–Trinajstić information content (AvgIpc) is 3.28. The van der Waals surface area contributed by atoms with Crippen molar-refractivity contribution in [2.75, 3.05) is 25.6 Å². The lowest BCUT2D eigenvalue weighted by Crippen LogP contribution is -2.48. The van der Waals surface area contributed by atoms with Crippen molar-refractivity contribution in [1.82, 2.24) is 5.32 Å². The first kappa shape index (κ1) is 16.3. The zero-order valence-corrected chi connectivity index (χ0v) is 14.7. The molecule has 1 saturated carbocycles. The third kappa shape index (κ3) is 3.37. The number of carbonyl (C=O) groups excluding carboxylic acids is 1. The molecule has 2 fully saturated rings. The molecule has 1 saturated heterocycles. The van der Waals surface area contributed by atoms with Gasteiger partial charge >= 0.3 is 0 Å². The van der Waals surface area contributed by atoms with Crippen LogP contribution in [0, 0.1) is 0 Å². The Balaban J connectivity index is 1.69. The van der Waals surface area contributed by atoms with Gasteiger partial charge in [-0.1, -0.05) is 12.1 Å². The first-order valence-electron chi connectivity index (χ1n) is 8.55. The van der Waals surface area contributed by atoms with Gasteiger partial charge in [0.05, 0.1) is 11.0 Å². The summed E-state index contributed by atoms with van der Waals surface area (Å²) in [5, 5.41) is 3.28. The van der Waals surface area contributed by atoms with E-state index in [2.05, 4.69) is 48.3 Å². The molecule has 1 aromatic carbocycles. The van der Waals surface area contributed by atoms with Crippen molar-refractivity contribution in [2.45, 2.75) is 56.6 Å². The van der Waals surface area contributed by atoms with E-state index in [1.165, 1.54) is 0 Å². The fourth-order valence-corrected chi connectivity index (χ4v) is 3.53. The van der Waals surface area contributed by atoms with Crippen LogP contribution < -0.4 is 10.2 Å². The van der Waals surface area contributed by atoms with Gasteiger partial charge in [0.2, 0.25) is 5.91 Å². The number of hydrogen-bond acceptors (Lipinski definition) is 3. The van der Waals surface area contributed by atoms with Gasteiger partial charge in [-0.2, -0.15) is 0 Å². The third-order valence-electron chi connectivity index (χ3n) is 5.15. The van der Waals surface area contributed by atoms with Crippen molar-refractivity contribution in [2.24, 2.45) is 0 Å². The molecule has 4 heteroatoms. The normalized spacial score (nSPS) is 24.8. The summed E-state index contributed by atoms with van der Waals surface area (Å²) < 4.78 is 5.74. The van der Waals surface area contributed by atoms with Crippen LogP contribution in [-0.4, -0.2) is 38.3 Å². The Kier molecular flexibility index (Phi) is 4.13. The predicted molar refractivity (Wildman–Crippen MR) is 92.9 cm³/mol. The molecule has 1 aliphatic heterocycles. The molecule has 0 radical (unpaired) electrons. The molecule has 0 bridgehead atoms. The van der Waals surface area contributed by atoms with Crippen molar-refractivity contribution < 1.29 is 9.53 Å². The predicted octanol–water partition coefficient (Wildman–Crippen LogP) is 2.86. The maximum absolute atomic E-state index is 12.9. The summed E-state index contributed by atoms with van der Waals surface area (Å²) in [6.45, 7) is 4.92. The quantitative estimate of drug-likeness (QED) is 0.929. The number of nitrogens with one attached hydrogen (secondary N) is 1. The Morgan fingerprint density at radius 3 is 2.39 bits per heavy atom. The van der Waals surface area contributed by atoms with Crippen molar-refractivity contribution >= 4 is 11.6 Å². The van der Waals surface area contributed by atoms with Crippen molar-refractivity contribution in [3.05, 3.63) is 29.8 Å². The molecule has 1 aliphatic carbocycles. The van der Waals surface area contributed by atoms with Crippen LogP contribution in [0.15, 0.2) is 24.3 Å². The highest BCUT2D eigenvalue weighted by Gasteiger charge is 2.51. The molecule has 23 heavy (non-hydrogen) atoms. The van der Waals surface area contributed by atoms with Crippen LogP contribution in [0.25, 0.3) is 0 Å². The number of anilines is 1. The second kappa shape index (κ2) is 5.82. The summed E-state index contributed by atoms with van der Waals surface area (Å²) in [4.78, 5) is 14.9. The highest BCUT2D eigenvalue weighted by atomic mass is 16.5. The molecule has 0 aromatic heterocycles. The molecule has 1 atom stereocenters. The Morgan fingerprint density at radius 2 is 1.87 bits per heavy atom. The summed E-state index contributed by atoms with van der Waals surface area (Å²) >= 11 is 0. The van der Waals surface area contributed by atoms with Crippen LogP contribution >= 0.6 is 0 Å². The van der Waals surface area contributed by atoms with Crippen LogP contribution in [-0.2, 0) is 14.9 Å². The lowest BCUT2D eigenvalue weighted by Gasteiger charge is -2.36. The number of hydrogen-bond donors (Lipinski definition) is 1. The molecule has 1 heterocycles. The fourth-order valence-electron chi connectivity index (χ4n) is 3.53. The Hall–Kier alpha value is -1.55. The molecule has 2 aliphatic rings. The first-order chi connectivity index (χ1) is 10.8. The van der Waals surface area contributed by atoms with E-state index in [9.17, 15) is 4.79 Å². The minimum absolute atomic E-state index is 0.139. The Morgan fingerprint density at radius 1 is 1.22 bits per heavy atom. The van der Waals surface area contributed by atoms with E-state index in [4.69, 9.17) is 4.74 Å². The molecule has 1 aromatic rings.